The highest BCUT2D eigenvalue weighted by Crippen LogP contribution is 2.06. The fraction of sp³-hybridized carbons (Fsp3) is 0.875. The Labute approximate surface area is 83.2 Å². The average Bonchev–Trinajstić information content (AvgIpc) is 1.96. The first kappa shape index (κ1) is 12.5. The Morgan fingerprint density at radius 1 is 1.62 bits per heavy atom. The summed E-state index contributed by atoms with van der Waals surface area (Å²) in [4.78, 5) is 11.1. The van der Waals surface area contributed by atoms with Crippen LogP contribution in [0.2, 0.25) is 0 Å². The number of halogens is 1. The van der Waals surface area contributed by atoms with E-state index < -0.39 is 17.7 Å². The monoisotopic (exact) mass is 209 g/mol. The Morgan fingerprint density at radius 2 is 2.15 bits per heavy atom. The molecule has 13 heavy (non-hydrogen) atoms. The molecule has 1 unspecified atom stereocenters. The quantitative estimate of drug-likeness (QED) is 0.685. The fourth-order valence-corrected chi connectivity index (χ4v) is 0.782. The Morgan fingerprint density at radius 3 is 2.46 bits per heavy atom. The van der Waals surface area contributed by atoms with E-state index in [0.29, 0.717) is 0 Å². The molecule has 0 bridgehead atoms. The van der Waals surface area contributed by atoms with E-state index in [-0.39, 0.29) is 12.5 Å². The van der Waals surface area contributed by atoms with Crippen LogP contribution in [0.3, 0.4) is 0 Å². The second-order valence-corrected chi connectivity index (χ2v) is 3.99. The van der Waals surface area contributed by atoms with Gasteiger partial charge in [0, 0.05) is 5.88 Å². The summed E-state index contributed by atoms with van der Waals surface area (Å²) < 4.78 is 4.95. The van der Waals surface area contributed by atoms with Crippen LogP contribution in [-0.4, -0.2) is 35.3 Å². The van der Waals surface area contributed by atoms with Crippen molar-refractivity contribution < 1.29 is 14.6 Å². The van der Waals surface area contributed by atoms with Gasteiger partial charge in [0.2, 0.25) is 0 Å². The van der Waals surface area contributed by atoms with Gasteiger partial charge in [-0.05, 0) is 20.8 Å². The van der Waals surface area contributed by atoms with Crippen LogP contribution >= 0.6 is 11.6 Å². The molecule has 0 aromatic carbocycles. The van der Waals surface area contributed by atoms with Gasteiger partial charge in [0.1, 0.15) is 5.60 Å². The van der Waals surface area contributed by atoms with Gasteiger partial charge in [0.25, 0.3) is 0 Å². The Balaban J connectivity index is 3.86. The van der Waals surface area contributed by atoms with Crippen LogP contribution in [0.4, 0.5) is 4.79 Å². The molecule has 0 saturated carbocycles. The van der Waals surface area contributed by atoms with Crippen molar-refractivity contribution in [2.75, 3.05) is 12.5 Å². The molecule has 0 aromatic rings. The number of amides is 1. The molecule has 1 atom stereocenters. The number of aliphatic hydroxyl groups excluding tert-OH is 1. The highest BCUT2D eigenvalue weighted by molar-refractivity contribution is 6.18. The molecule has 78 valence electrons. The number of hydrogen-bond acceptors (Lipinski definition) is 3. The molecule has 0 aliphatic rings. The van der Waals surface area contributed by atoms with Gasteiger partial charge in [0.05, 0.1) is 12.6 Å². The number of aliphatic hydroxyl groups is 1. The summed E-state index contributed by atoms with van der Waals surface area (Å²) in [5, 5.41) is 11.1. The topological polar surface area (TPSA) is 58.6 Å². The Kier molecular flexibility index (Phi) is 5.10. The molecular weight excluding hydrogens is 194 g/mol. The minimum absolute atomic E-state index is 0.162. The van der Waals surface area contributed by atoms with Crippen LogP contribution in [0, 0.1) is 0 Å². The summed E-state index contributed by atoms with van der Waals surface area (Å²) in [6.07, 6.45) is -0.563. The molecule has 4 nitrogen and oxygen atoms in total. The number of hydrogen-bond donors (Lipinski definition) is 2. The predicted molar refractivity (Wildman–Crippen MR) is 51.0 cm³/mol. The molecule has 0 aromatic heterocycles. The maximum Gasteiger partial charge on any atom is 0.407 e. The summed E-state index contributed by atoms with van der Waals surface area (Å²) in [5.74, 6) is 0.162. The Hall–Kier alpha value is -0.480. The van der Waals surface area contributed by atoms with E-state index in [1.54, 1.807) is 20.8 Å². The lowest BCUT2D eigenvalue weighted by atomic mass is 10.2. The van der Waals surface area contributed by atoms with Crippen LogP contribution in [0.25, 0.3) is 0 Å². The number of ether oxygens (including phenoxy) is 1. The second-order valence-electron chi connectivity index (χ2n) is 3.68. The zero-order valence-electron chi connectivity index (χ0n) is 8.13. The van der Waals surface area contributed by atoms with Crippen molar-refractivity contribution in [2.45, 2.75) is 32.4 Å². The van der Waals surface area contributed by atoms with Gasteiger partial charge in [-0.3, -0.25) is 0 Å². The molecule has 2 N–H and O–H groups in total. The van der Waals surface area contributed by atoms with Gasteiger partial charge >= 0.3 is 6.09 Å². The lowest BCUT2D eigenvalue weighted by Gasteiger charge is -2.21. The third kappa shape index (κ3) is 6.66. The minimum Gasteiger partial charge on any atom is -0.444 e. The van der Waals surface area contributed by atoms with Crippen LogP contribution in [0.1, 0.15) is 20.8 Å². The molecule has 0 aliphatic carbocycles. The van der Waals surface area contributed by atoms with Gasteiger partial charge < -0.3 is 15.2 Å². The first-order chi connectivity index (χ1) is 5.89. The summed E-state index contributed by atoms with van der Waals surface area (Å²) in [7, 11) is 0. The van der Waals surface area contributed by atoms with E-state index in [1.807, 2.05) is 0 Å². The minimum atomic E-state index is -0.563. The summed E-state index contributed by atoms with van der Waals surface area (Å²) in [6.45, 7) is 5.10. The number of alkyl carbamates (subject to hydrolysis) is 1. The maximum absolute atomic E-state index is 11.1. The predicted octanol–water partition coefficient (Wildman–Crippen LogP) is 1.11. The summed E-state index contributed by atoms with van der Waals surface area (Å²) in [5.41, 5.74) is -0.531. The van der Waals surface area contributed by atoms with E-state index in [0.717, 1.165) is 0 Å². The van der Waals surface area contributed by atoms with E-state index in [9.17, 15) is 4.79 Å². The zero-order chi connectivity index (χ0) is 10.5. The third-order valence-electron chi connectivity index (χ3n) is 1.13. The molecule has 1 amide bonds. The SMILES string of the molecule is CC(C)(C)OC(=O)NC(CO)CCl. The number of carbonyl (C=O) groups is 1. The van der Waals surface area contributed by atoms with Gasteiger partial charge in [-0.15, -0.1) is 11.6 Å². The van der Waals surface area contributed by atoms with Crippen molar-refractivity contribution in [3.63, 3.8) is 0 Å². The zero-order valence-corrected chi connectivity index (χ0v) is 8.89. The first-order valence-electron chi connectivity index (χ1n) is 4.05. The van der Waals surface area contributed by atoms with Gasteiger partial charge in [0.15, 0.2) is 0 Å². The number of rotatable bonds is 3. The summed E-state index contributed by atoms with van der Waals surface area (Å²) >= 11 is 5.45. The van der Waals surface area contributed by atoms with Crippen molar-refractivity contribution in [3.05, 3.63) is 0 Å². The highest BCUT2D eigenvalue weighted by atomic mass is 35.5. The maximum atomic E-state index is 11.1. The molecule has 0 spiro atoms. The van der Waals surface area contributed by atoms with Crippen molar-refractivity contribution >= 4 is 17.7 Å². The number of nitrogens with one attached hydrogen (secondary N) is 1. The normalized spacial score (nSPS) is 13.6. The van der Waals surface area contributed by atoms with Gasteiger partial charge in [-0.25, -0.2) is 4.79 Å². The summed E-state index contributed by atoms with van der Waals surface area (Å²) in [6, 6.07) is -0.448. The largest absolute Gasteiger partial charge is 0.444 e. The van der Waals surface area contributed by atoms with Gasteiger partial charge in [-0.2, -0.15) is 0 Å². The standard InChI is InChI=1S/C8H16ClNO3/c1-8(2,3)13-7(12)10-6(4-9)5-11/h6,11H,4-5H2,1-3H3,(H,10,12). The molecule has 5 heteroatoms. The van der Waals surface area contributed by atoms with Crippen LogP contribution in [0.5, 0.6) is 0 Å². The lowest BCUT2D eigenvalue weighted by molar-refractivity contribution is 0.0490. The van der Waals surface area contributed by atoms with Crippen LogP contribution in [-0.2, 0) is 4.74 Å². The molecule has 0 saturated heterocycles. The van der Waals surface area contributed by atoms with Gasteiger partial charge in [-0.1, -0.05) is 0 Å². The van der Waals surface area contributed by atoms with Crippen molar-refractivity contribution in [2.24, 2.45) is 0 Å². The fourth-order valence-electron chi connectivity index (χ4n) is 0.607. The smallest absolute Gasteiger partial charge is 0.407 e. The number of alkyl halides is 1. The lowest BCUT2D eigenvalue weighted by Crippen LogP contribution is -2.41. The first-order valence-corrected chi connectivity index (χ1v) is 4.59. The highest BCUT2D eigenvalue weighted by Gasteiger charge is 2.18. The molecule has 0 fully saturated rings. The molecule has 0 rings (SSSR count). The average molecular weight is 210 g/mol. The molecule has 0 radical (unpaired) electrons. The van der Waals surface area contributed by atoms with Crippen molar-refractivity contribution in [3.8, 4) is 0 Å². The number of carbonyl (C=O) groups excluding carboxylic acids is 1. The van der Waals surface area contributed by atoms with E-state index in [4.69, 9.17) is 21.4 Å². The Bertz CT molecular complexity index is 163. The van der Waals surface area contributed by atoms with E-state index in [2.05, 4.69) is 5.32 Å². The molecular formula is C8H16ClNO3. The van der Waals surface area contributed by atoms with E-state index in [1.165, 1.54) is 0 Å². The van der Waals surface area contributed by atoms with E-state index >= 15 is 0 Å². The van der Waals surface area contributed by atoms with Crippen LogP contribution in [0.15, 0.2) is 0 Å². The third-order valence-corrected chi connectivity index (χ3v) is 1.50. The molecule has 0 heterocycles. The molecule has 0 aliphatic heterocycles. The van der Waals surface area contributed by atoms with Crippen molar-refractivity contribution in [1.82, 2.24) is 5.32 Å². The van der Waals surface area contributed by atoms with Crippen LogP contribution < -0.4 is 5.32 Å². The van der Waals surface area contributed by atoms with Crippen molar-refractivity contribution in [1.29, 1.82) is 0 Å². The second kappa shape index (κ2) is 5.29.